The summed E-state index contributed by atoms with van der Waals surface area (Å²) in [4.78, 5) is 31.4. The van der Waals surface area contributed by atoms with Gasteiger partial charge in [0.25, 0.3) is 11.8 Å². The van der Waals surface area contributed by atoms with Crippen molar-refractivity contribution >= 4 is 23.2 Å². The van der Waals surface area contributed by atoms with Crippen molar-refractivity contribution in [3.63, 3.8) is 0 Å². The molecule has 0 radical (unpaired) electrons. The number of rotatable bonds is 6. The number of anilines is 2. The molecule has 0 bridgehead atoms. The maximum Gasteiger partial charge on any atom is 0.274 e. The second-order valence-electron chi connectivity index (χ2n) is 7.47. The van der Waals surface area contributed by atoms with Gasteiger partial charge >= 0.3 is 0 Å². The van der Waals surface area contributed by atoms with Crippen molar-refractivity contribution in [2.75, 3.05) is 36.5 Å². The Morgan fingerprint density at radius 3 is 2.59 bits per heavy atom. The highest BCUT2D eigenvalue weighted by atomic mass is 16.5. The highest BCUT2D eigenvalue weighted by Crippen LogP contribution is 2.22. The quantitative estimate of drug-likeness (QED) is 0.787. The summed E-state index contributed by atoms with van der Waals surface area (Å²) < 4.78 is 5.51. The standard InChI is InChI=1S/C22H26N4O3/c27-21(24-15-19-4-3-13-29-19)16-9-10-23-20(14-16)22(28)25-17-5-7-18(8-6-17)26-11-1-2-12-26/h5-10,14,19H,1-4,11-13,15H2,(H,24,27)(H,25,28). The molecule has 7 nitrogen and oxygen atoms in total. The molecule has 2 saturated heterocycles. The lowest BCUT2D eigenvalue weighted by atomic mass is 10.2. The summed E-state index contributed by atoms with van der Waals surface area (Å²) >= 11 is 0. The average Bonchev–Trinajstić information content (AvgIpc) is 3.47. The fraction of sp³-hybridized carbons (Fsp3) is 0.409. The van der Waals surface area contributed by atoms with Crippen LogP contribution < -0.4 is 15.5 Å². The zero-order chi connectivity index (χ0) is 20.1. The van der Waals surface area contributed by atoms with Crippen LogP contribution >= 0.6 is 0 Å². The van der Waals surface area contributed by atoms with Crippen molar-refractivity contribution in [3.8, 4) is 0 Å². The maximum absolute atomic E-state index is 12.6. The molecule has 0 spiro atoms. The number of benzene rings is 1. The van der Waals surface area contributed by atoms with Crippen LogP contribution in [0.5, 0.6) is 0 Å². The Morgan fingerprint density at radius 1 is 1.07 bits per heavy atom. The van der Waals surface area contributed by atoms with Gasteiger partial charge in [-0.2, -0.15) is 0 Å². The second kappa shape index (κ2) is 9.05. The first-order chi connectivity index (χ1) is 14.2. The van der Waals surface area contributed by atoms with Crippen molar-refractivity contribution < 1.29 is 14.3 Å². The van der Waals surface area contributed by atoms with Gasteiger partial charge in [0.2, 0.25) is 0 Å². The van der Waals surface area contributed by atoms with Crippen LogP contribution in [0.2, 0.25) is 0 Å². The zero-order valence-electron chi connectivity index (χ0n) is 16.4. The van der Waals surface area contributed by atoms with Crippen LogP contribution in [-0.4, -0.2) is 49.1 Å². The van der Waals surface area contributed by atoms with Crippen LogP contribution in [0.3, 0.4) is 0 Å². The van der Waals surface area contributed by atoms with Gasteiger partial charge in [-0.15, -0.1) is 0 Å². The number of aromatic nitrogens is 1. The van der Waals surface area contributed by atoms with Crippen LogP contribution in [0.25, 0.3) is 0 Å². The normalized spacial score (nSPS) is 18.6. The molecule has 0 aliphatic carbocycles. The third kappa shape index (κ3) is 4.92. The first kappa shape index (κ1) is 19.4. The van der Waals surface area contributed by atoms with Gasteiger partial charge in [-0.3, -0.25) is 14.6 Å². The summed E-state index contributed by atoms with van der Waals surface area (Å²) in [6, 6.07) is 10.9. The van der Waals surface area contributed by atoms with Crippen molar-refractivity contribution in [1.82, 2.24) is 10.3 Å². The number of carbonyl (C=O) groups is 2. The highest BCUT2D eigenvalue weighted by molar-refractivity contribution is 6.04. The lowest BCUT2D eigenvalue weighted by molar-refractivity contribution is 0.0857. The van der Waals surface area contributed by atoms with Gasteiger partial charge in [0, 0.05) is 49.4 Å². The van der Waals surface area contributed by atoms with Crippen LogP contribution in [0.4, 0.5) is 11.4 Å². The molecular formula is C22H26N4O3. The molecule has 1 unspecified atom stereocenters. The Labute approximate surface area is 170 Å². The summed E-state index contributed by atoms with van der Waals surface area (Å²) in [6.07, 6.45) is 5.99. The van der Waals surface area contributed by atoms with E-state index in [0.29, 0.717) is 17.8 Å². The predicted octanol–water partition coefficient (Wildman–Crippen LogP) is 2.84. The number of carbonyl (C=O) groups excluding carboxylic acids is 2. The maximum atomic E-state index is 12.6. The predicted molar refractivity (Wildman–Crippen MR) is 111 cm³/mol. The van der Waals surface area contributed by atoms with Crippen molar-refractivity contribution in [1.29, 1.82) is 0 Å². The van der Waals surface area contributed by atoms with Crippen molar-refractivity contribution in [3.05, 3.63) is 53.9 Å². The Kier molecular flexibility index (Phi) is 6.05. The Bertz CT molecular complexity index is 857. The number of pyridine rings is 1. The second-order valence-corrected chi connectivity index (χ2v) is 7.47. The number of nitrogens with one attached hydrogen (secondary N) is 2. The van der Waals surface area contributed by atoms with Gasteiger partial charge in [0.1, 0.15) is 5.69 Å². The lowest BCUT2D eigenvalue weighted by Gasteiger charge is -2.17. The molecule has 1 atom stereocenters. The van der Waals surface area contributed by atoms with E-state index in [-0.39, 0.29) is 23.6 Å². The number of ether oxygens (including phenoxy) is 1. The van der Waals surface area contributed by atoms with Gasteiger partial charge in [-0.25, -0.2) is 0 Å². The van der Waals surface area contributed by atoms with E-state index in [1.54, 1.807) is 6.07 Å². The van der Waals surface area contributed by atoms with Gasteiger partial charge in [0.15, 0.2) is 0 Å². The smallest absolute Gasteiger partial charge is 0.274 e. The van der Waals surface area contributed by atoms with E-state index < -0.39 is 0 Å². The number of hydrogen-bond donors (Lipinski definition) is 2. The molecule has 2 fully saturated rings. The third-order valence-electron chi connectivity index (χ3n) is 5.37. The van der Waals surface area contributed by atoms with Crippen LogP contribution in [-0.2, 0) is 4.74 Å². The Hall–Kier alpha value is -2.93. The fourth-order valence-electron chi connectivity index (χ4n) is 3.74. The molecule has 0 saturated carbocycles. The van der Waals surface area contributed by atoms with Gasteiger partial charge < -0.3 is 20.3 Å². The SMILES string of the molecule is O=C(NCC1CCCO1)c1ccnc(C(=O)Nc2ccc(N3CCCC3)cc2)c1. The van der Waals surface area contributed by atoms with E-state index in [9.17, 15) is 9.59 Å². The third-order valence-corrected chi connectivity index (χ3v) is 5.37. The molecule has 2 aliphatic heterocycles. The van der Waals surface area contributed by atoms with Gasteiger partial charge in [0.05, 0.1) is 6.10 Å². The van der Waals surface area contributed by atoms with Crippen LogP contribution in [0.15, 0.2) is 42.6 Å². The first-order valence-corrected chi connectivity index (χ1v) is 10.2. The largest absolute Gasteiger partial charge is 0.376 e. The molecule has 4 rings (SSSR count). The van der Waals surface area contributed by atoms with Gasteiger partial charge in [-0.1, -0.05) is 0 Å². The minimum absolute atomic E-state index is 0.0760. The molecule has 7 heteroatoms. The molecule has 2 aliphatic rings. The van der Waals surface area contributed by atoms with Gasteiger partial charge in [-0.05, 0) is 62.1 Å². The van der Waals surface area contributed by atoms with Crippen molar-refractivity contribution in [2.24, 2.45) is 0 Å². The summed E-state index contributed by atoms with van der Waals surface area (Å²) in [6.45, 7) is 3.39. The minimum atomic E-state index is -0.340. The highest BCUT2D eigenvalue weighted by Gasteiger charge is 2.18. The molecule has 29 heavy (non-hydrogen) atoms. The molecule has 1 aromatic carbocycles. The minimum Gasteiger partial charge on any atom is -0.376 e. The summed E-state index contributed by atoms with van der Waals surface area (Å²) in [7, 11) is 0. The molecule has 152 valence electrons. The van der Waals surface area contributed by atoms with E-state index in [2.05, 4.69) is 20.5 Å². The molecule has 1 aromatic heterocycles. The van der Waals surface area contributed by atoms with Crippen LogP contribution in [0.1, 0.15) is 46.5 Å². The van der Waals surface area contributed by atoms with Crippen LogP contribution in [0, 0.1) is 0 Å². The lowest BCUT2D eigenvalue weighted by Crippen LogP contribution is -2.32. The van der Waals surface area contributed by atoms with E-state index in [4.69, 9.17) is 4.74 Å². The molecule has 3 heterocycles. The monoisotopic (exact) mass is 394 g/mol. The molecule has 2 amide bonds. The summed E-state index contributed by atoms with van der Waals surface area (Å²) in [5.41, 5.74) is 2.49. The van der Waals surface area contributed by atoms with E-state index >= 15 is 0 Å². The van der Waals surface area contributed by atoms with E-state index in [0.717, 1.165) is 32.5 Å². The van der Waals surface area contributed by atoms with E-state index in [1.165, 1.54) is 30.8 Å². The first-order valence-electron chi connectivity index (χ1n) is 10.2. The van der Waals surface area contributed by atoms with Crippen molar-refractivity contribution in [2.45, 2.75) is 31.8 Å². The summed E-state index contributed by atoms with van der Waals surface area (Å²) in [5, 5.41) is 5.71. The average molecular weight is 394 g/mol. The van der Waals surface area contributed by atoms with E-state index in [1.807, 2.05) is 24.3 Å². The fourth-order valence-corrected chi connectivity index (χ4v) is 3.74. The number of hydrogen-bond acceptors (Lipinski definition) is 5. The zero-order valence-corrected chi connectivity index (χ0v) is 16.4. The number of amides is 2. The molecule has 2 N–H and O–H groups in total. The Balaban J connectivity index is 1.35. The summed E-state index contributed by atoms with van der Waals surface area (Å²) in [5.74, 6) is -0.570. The molecular weight excluding hydrogens is 368 g/mol. The number of nitrogens with zero attached hydrogens (tertiary/aromatic N) is 2. The topological polar surface area (TPSA) is 83.6 Å². The molecule has 2 aromatic rings. The Morgan fingerprint density at radius 2 is 1.86 bits per heavy atom.